The minimum absolute atomic E-state index is 0.0381. The first-order valence-electron chi connectivity index (χ1n) is 3.97. The van der Waals surface area contributed by atoms with Gasteiger partial charge in [-0.05, 0) is 6.07 Å². The van der Waals surface area contributed by atoms with Crippen molar-refractivity contribution in [1.82, 2.24) is 0 Å². The summed E-state index contributed by atoms with van der Waals surface area (Å²) >= 11 is 0. The molecule has 68 valence electrons. The number of ether oxygens (including phenoxy) is 1. The first kappa shape index (κ1) is 7.91. The summed E-state index contributed by atoms with van der Waals surface area (Å²) in [7, 11) is 0. The van der Waals surface area contributed by atoms with Crippen LogP contribution in [0.25, 0.3) is 0 Å². The quantitative estimate of drug-likeness (QED) is 0.581. The zero-order chi connectivity index (χ0) is 9.42. The fourth-order valence-electron chi connectivity index (χ4n) is 1.37. The van der Waals surface area contributed by atoms with E-state index in [1.165, 1.54) is 12.1 Å². The van der Waals surface area contributed by atoms with Crippen molar-refractivity contribution in [2.24, 2.45) is 0 Å². The molecule has 3 N–H and O–H groups in total. The number of anilines is 1. The van der Waals surface area contributed by atoms with Crippen molar-refractivity contribution in [2.75, 3.05) is 12.3 Å². The molecule has 0 amide bonds. The Morgan fingerprint density at radius 3 is 3.00 bits per heavy atom. The Kier molecular flexibility index (Phi) is 1.62. The molecule has 1 aliphatic rings. The zero-order valence-electron chi connectivity index (χ0n) is 6.91. The highest BCUT2D eigenvalue weighted by Gasteiger charge is 2.21. The standard InChI is InChI=1S/C9H9NO3/c10-5-3-6-7(11)1-2-13-9(6)8(12)4-5/h3-4,12H,1-2,10H2. The van der Waals surface area contributed by atoms with Crippen LogP contribution in [0.5, 0.6) is 11.5 Å². The first-order chi connectivity index (χ1) is 6.18. The molecule has 1 aliphatic heterocycles. The van der Waals surface area contributed by atoms with Crippen LogP contribution in [0.2, 0.25) is 0 Å². The molecule has 4 nitrogen and oxygen atoms in total. The molecule has 0 aromatic heterocycles. The lowest BCUT2D eigenvalue weighted by atomic mass is 10.0. The van der Waals surface area contributed by atoms with Gasteiger partial charge in [0.2, 0.25) is 0 Å². The number of benzene rings is 1. The lowest BCUT2D eigenvalue weighted by molar-refractivity contribution is 0.0930. The van der Waals surface area contributed by atoms with Gasteiger partial charge in [-0.3, -0.25) is 4.79 Å². The van der Waals surface area contributed by atoms with E-state index < -0.39 is 0 Å². The minimum atomic E-state index is -0.0666. The third-order valence-electron chi connectivity index (χ3n) is 1.97. The summed E-state index contributed by atoms with van der Waals surface area (Å²) in [5.41, 5.74) is 6.23. The minimum Gasteiger partial charge on any atom is -0.504 e. The SMILES string of the molecule is Nc1cc(O)c2c(c1)C(=O)CCO2. The Balaban J connectivity index is 2.63. The maximum Gasteiger partial charge on any atom is 0.171 e. The van der Waals surface area contributed by atoms with Gasteiger partial charge in [0.05, 0.1) is 12.2 Å². The highest BCUT2D eigenvalue weighted by atomic mass is 16.5. The maximum atomic E-state index is 11.3. The average molecular weight is 179 g/mol. The summed E-state index contributed by atoms with van der Waals surface area (Å²) in [4.78, 5) is 11.3. The number of nitrogens with two attached hydrogens (primary N) is 1. The van der Waals surface area contributed by atoms with E-state index in [1.54, 1.807) is 0 Å². The molecule has 0 spiro atoms. The molecule has 0 saturated carbocycles. The van der Waals surface area contributed by atoms with Gasteiger partial charge in [0.15, 0.2) is 17.3 Å². The molecule has 0 saturated heterocycles. The van der Waals surface area contributed by atoms with Crippen molar-refractivity contribution >= 4 is 11.5 Å². The molecule has 2 rings (SSSR count). The number of aromatic hydroxyl groups is 1. The zero-order valence-corrected chi connectivity index (χ0v) is 6.91. The molecule has 1 aromatic carbocycles. The van der Waals surface area contributed by atoms with Crippen molar-refractivity contribution in [3.63, 3.8) is 0 Å². The molecule has 13 heavy (non-hydrogen) atoms. The van der Waals surface area contributed by atoms with Gasteiger partial charge in [0.1, 0.15) is 0 Å². The number of hydrogen-bond acceptors (Lipinski definition) is 4. The molecule has 0 atom stereocenters. The molecule has 1 heterocycles. The van der Waals surface area contributed by atoms with Crippen LogP contribution in [-0.4, -0.2) is 17.5 Å². The number of phenols is 1. The molecule has 0 fully saturated rings. The van der Waals surface area contributed by atoms with E-state index in [2.05, 4.69) is 0 Å². The Labute approximate surface area is 74.9 Å². The molecule has 0 aliphatic carbocycles. The Bertz CT molecular complexity index is 373. The number of carbonyl (C=O) groups is 1. The molecular weight excluding hydrogens is 170 g/mol. The molecule has 0 radical (unpaired) electrons. The number of phenolic OH excluding ortho intramolecular Hbond substituents is 1. The molecular formula is C9H9NO3. The predicted molar refractivity (Wildman–Crippen MR) is 47.0 cm³/mol. The van der Waals surface area contributed by atoms with Crippen molar-refractivity contribution in [3.05, 3.63) is 17.7 Å². The maximum absolute atomic E-state index is 11.3. The van der Waals surface area contributed by atoms with E-state index in [1.807, 2.05) is 0 Å². The molecule has 0 bridgehead atoms. The van der Waals surface area contributed by atoms with E-state index in [-0.39, 0.29) is 17.3 Å². The van der Waals surface area contributed by atoms with Crippen LogP contribution in [0.15, 0.2) is 12.1 Å². The normalized spacial score (nSPS) is 14.9. The summed E-state index contributed by atoms with van der Waals surface area (Å²) < 4.78 is 5.15. The number of carbonyl (C=O) groups excluding carboxylic acids is 1. The summed E-state index contributed by atoms with van der Waals surface area (Å²) in [6.45, 7) is 0.323. The number of ketones is 1. The fraction of sp³-hybridized carbons (Fsp3) is 0.222. The van der Waals surface area contributed by atoms with E-state index in [0.717, 1.165) is 0 Å². The van der Waals surface area contributed by atoms with Crippen LogP contribution in [0.1, 0.15) is 16.8 Å². The fourth-order valence-corrected chi connectivity index (χ4v) is 1.37. The van der Waals surface area contributed by atoms with Crippen molar-refractivity contribution in [2.45, 2.75) is 6.42 Å². The summed E-state index contributed by atoms with van der Waals surface area (Å²) in [6, 6.07) is 2.90. The van der Waals surface area contributed by atoms with Gasteiger partial charge < -0.3 is 15.6 Å². The van der Waals surface area contributed by atoms with Crippen molar-refractivity contribution in [3.8, 4) is 11.5 Å². The van der Waals surface area contributed by atoms with Crippen LogP contribution < -0.4 is 10.5 Å². The van der Waals surface area contributed by atoms with Crippen LogP contribution in [0.4, 0.5) is 5.69 Å². The molecule has 4 heteroatoms. The third kappa shape index (κ3) is 1.20. The predicted octanol–water partition coefficient (Wildman–Crippen LogP) is 0.940. The van der Waals surface area contributed by atoms with E-state index in [0.29, 0.717) is 24.3 Å². The van der Waals surface area contributed by atoms with Crippen molar-refractivity contribution in [1.29, 1.82) is 0 Å². The van der Waals surface area contributed by atoms with Gasteiger partial charge in [0, 0.05) is 18.2 Å². The van der Waals surface area contributed by atoms with Crippen LogP contribution >= 0.6 is 0 Å². The van der Waals surface area contributed by atoms with E-state index in [9.17, 15) is 9.90 Å². The molecule has 1 aromatic rings. The second kappa shape index (κ2) is 2.65. The van der Waals surface area contributed by atoms with E-state index >= 15 is 0 Å². The van der Waals surface area contributed by atoms with Gasteiger partial charge >= 0.3 is 0 Å². The highest BCUT2D eigenvalue weighted by molar-refractivity contribution is 6.01. The second-order valence-electron chi connectivity index (χ2n) is 2.94. The highest BCUT2D eigenvalue weighted by Crippen LogP contribution is 2.35. The van der Waals surface area contributed by atoms with Crippen molar-refractivity contribution < 1.29 is 14.6 Å². The van der Waals surface area contributed by atoms with Crippen LogP contribution in [0, 0.1) is 0 Å². The van der Waals surface area contributed by atoms with E-state index in [4.69, 9.17) is 10.5 Å². The Hall–Kier alpha value is -1.71. The summed E-state index contributed by atoms with van der Waals surface area (Å²) in [6.07, 6.45) is 0.343. The van der Waals surface area contributed by atoms with Gasteiger partial charge in [-0.1, -0.05) is 0 Å². The van der Waals surface area contributed by atoms with Gasteiger partial charge in [-0.15, -0.1) is 0 Å². The smallest absolute Gasteiger partial charge is 0.171 e. The largest absolute Gasteiger partial charge is 0.504 e. The number of Topliss-reactive ketones (excluding diaryl/α,β-unsaturated/α-hetero) is 1. The van der Waals surface area contributed by atoms with Crippen LogP contribution in [0.3, 0.4) is 0 Å². The first-order valence-corrected chi connectivity index (χ1v) is 3.97. The monoisotopic (exact) mass is 179 g/mol. The number of hydrogen-bond donors (Lipinski definition) is 2. The Morgan fingerprint density at radius 1 is 1.46 bits per heavy atom. The summed E-state index contributed by atoms with van der Waals surface area (Å²) in [5, 5.41) is 9.40. The topological polar surface area (TPSA) is 72.5 Å². The average Bonchev–Trinajstić information content (AvgIpc) is 2.07. The second-order valence-corrected chi connectivity index (χ2v) is 2.94. The van der Waals surface area contributed by atoms with Gasteiger partial charge in [-0.25, -0.2) is 0 Å². The number of nitrogen functional groups attached to an aromatic ring is 1. The lowest BCUT2D eigenvalue weighted by Crippen LogP contribution is -2.15. The van der Waals surface area contributed by atoms with Gasteiger partial charge in [-0.2, -0.15) is 0 Å². The number of fused-ring (bicyclic) bond motifs is 1. The molecule has 0 unspecified atom stereocenters. The number of rotatable bonds is 0. The third-order valence-corrected chi connectivity index (χ3v) is 1.97. The summed E-state index contributed by atoms with van der Waals surface area (Å²) in [5.74, 6) is 0.150. The lowest BCUT2D eigenvalue weighted by Gasteiger charge is -2.17. The van der Waals surface area contributed by atoms with Gasteiger partial charge in [0.25, 0.3) is 0 Å². The van der Waals surface area contributed by atoms with Crippen LogP contribution in [-0.2, 0) is 0 Å². The Morgan fingerprint density at radius 2 is 2.23 bits per heavy atom.